The molecule has 1 aromatic heterocycles. The van der Waals surface area contributed by atoms with E-state index in [-0.39, 0.29) is 11.9 Å². The van der Waals surface area contributed by atoms with Gasteiger partial charge in [-0.1, -0.05) is 31.0 Å². The molecule has 2 rings (SSSR count). The minimum Gasteiger partial charge on any atom is -0.397 e. The van der Waals surface area contributed by atoms with E-state index in [1.807, 2.05) is 12.1 Å². The highest BCUT2D eigenvalue weighted by Gasteiger charge is 2.20. The Morgan fingerprint density at radius 1 is 1.52 bits per heavy atom. The van der Waals surface area contributed by atoms with E-state index in [1.54, 1.807) is 13.2 Å². The molecule has 114 valence electrons. The smallest absolute Gasteiger partial charge is 0.263 e. The second-order valence-electron chi connectivity index (χ2n) is 4.87. The summed E-state index contributed by atoms with van der Waals surface area (Å²) in [6.45, 7) is 2.56. The van der Waals surface area contributed by atoms with Crippen molar-refractivity contribution in [3.8, 4) is 0 Å². The summed E-state index contributed by atoms with van der Waals surface area (Å²) in [4.78, 5) is 12.9. The van der Waals surface area contributed by atoms with Crippen molar-refractivity contribution in [3.63, 3.8) is 0 Å². The Morgan fingerprint density at radius 3 is 2.90 bits per heavy atom. The Morgan fingerprint density at radius 2 is 2.29 bits per heavy atom. The number of benzene rings is 1. The number of amides is 1. The lowest BCUT2D eigenvalue weighted by Crippen LogP contribution is -2.37. The Kier molecular flexibility index (Phi) is 5.45. The molecule has 2 aromatic rings. The molecule has 0 saturated heterocycles. The molecule has 0 aliphatic rings. The van der Waals surface area contributed by atoms with Crippen LogP contribution in [0.4, 0.5) is 5.69 Å². The van der Waals surface area contributed by atoms with E-state index in [2.05, 4.69) is 12.2 Å². The molecule has 1 unspecified atom stereocenters. The molecule has 1 heterocycles. The summed E-state index contributed by atoms with van der Waals surface area (Å²) >= 11 is 7.52. The third kappa shape index (κ3) is 3.48. The normalized spacial score (nSPS) is 12.5. The van der Waals surface area contributed by atoms with Crippen LogP contribution < -0.4 is 11.1 Å². The fourth-order valence-corrected chi connectivity index (χ4v) is 3.68. The number of ether oxygens (including phenoxy) is 1. The number of nitrogens with two attached hydrogens (primary N) is 1. The molecule has 1 aromatic carbocycles. The third-order valence-corrected chi connectivity index (χ3v) is 4.73. The Hall–Kier alpha value is -1.30. The summed E-state index contributed by atoms with van der Waals surface area (Å²) in [5.74, 6) is -0.166. The van der Waals surface area contributed by atoms with Crippen LogP contribution in [0, 0.1) is 0 Å². The number of halogens is 1. The van der Waals surface area contributed by atoms with Crippen molar-refractivity contribution < 1.29 is 9.53 Å². The average molecular weight is 327 g/mol. The molecule has 4 nitrogen and oxygen atoms in total. The molecule has 6 heteroatoms. The van der Waals surface area contributed by atoms with Crippen molar-refractivity contribution in [2.75, 3.05) is 19.5 Å². The van der Waals surface area contributed by atoms with Crippen LogP contribution in [0.25, 0.3) is 10.1 Å². The number of methoxy groups -OCH3 is 1. The largest absolute Gasteiger partial charge is 0.397 e. The standard InChI is InChI=1S/C15H19ClN2O2S/c1-3-5-9(8-20-2)18-15(19)14-13(17)12-10(16)6-4-7-11(12)21-14/h4,6-7,9H,3,5,8,17H2,1-2H3,(H,18,19). The maximum atomic E-state index is 12.4. The van der Waals surface area contributed by atoms with Gasteiger partial charge in [-0.05, 0) is 18.6 Å². The summed E-state index contributed by atoms with van der Waals surface area (Å²) in [5, 5.41) is 4.31. The van der Waals surface area contributed by atoms with Gasteiger partial charge < -0.3 is 15.8 Å². The monoisotopic (exact) mass is 326 g/mol. The first-order valence-corrected chi connectivity index (χ1v) is 8.04. The Bertz CT molecular complexity index is 636. The number of anilines is 1. The molecule has 3 N–H and O–H groups in total. The molecule has 21 heavy (non-hydrogen) atoms. The van der Waals surface area contributed by atoms with Crippen LogP contribution in [0.2, 0.25) is 5.02 Å². The first-order chi connectivity index (χ1) is 10.1. The van der Waals surface area contributed by atoms with Crippen molar-refractivity contribution in [2.45, 2.75) is 25.8 Å². The van der Waals surface area contributed by atoms with Crippen molar-refractivity contribution >= 4 is 44.6 Å². The SMILES string of the molecule is CCCC(COC)NC(=O)c1sc2cccc(Cl)c2c1N. The van der Waals surface area contributed by atoms with E-state index < -0.39 is 0 Å². The number of hydrogen-bond donors (Lipinski definition) is 2. The van der Waals surface area contributed by atoms with Crippen molar-refractivity contribution in [2.24, 2.45) is 0 Å². The lowest BCUT2D eigenvalue weighted by molar-refractivity contribution is 0.0896. The van der Waals surface area contributed by atoms with Gasteiger partial charge in [-0.2, -0.15) is 0 Å². The molecule has 0 bridgehead atoms. The zero-order valence-electron chi connectivity index (χ0n) is 12.1. The molecule has 0 aliphatic carbocycles. The molecule has 0 radical (unpaired) electrons. The fourth-order valence-electron chi connectivity index (χ4n) is 2.30. The lowest BCUT2D eigenvalue weighted by Gasteiger charge is -2.16. The van der Waals surface area contributed by atoms with Crippen LogP contribution in [0.1, 0.15) is 29.4 Å². The third-order valence-electron chi connectivity index (χ3n) is 3.25. The quantitative estimate of drug-likeness (QED) is 0.851. The summed E-state index contributed by atoms with van der Waals surface area (Å²) in [6.07, 6.45) is 1.84. The van der Waals surface area contributed by atoms with E-state index in [0.29, 0.717) is 22.2 Å². The van der Waals surface area contributed by atoms with Crippen LogP contribution in [-0.4, -0.2) is 25.7 Å². The highest BCUT2D eigenvalue weighted by Crippen LogP contribution is 2.37. The summed E-state index contributed by atoms with van der Waals surface area (Å²) in [6, 6.07) is 5.54. The molecule has 0 spiro atoms. The van der Waals surface area contributed by atoms with Crippen LogP contribution in [-0.2, 0) is 4.74 Å². The van der Waals surface area contributed by atoms with Crippen molar-refractivity contribution in [1.29, 1.82) is 0 Å². The number of nitrogens with one attached hydrogen (secondary N) is 1. The lowest BCUT2D eigenvalue weighted by atomic mass is 10.1. The number of thiophene rings is 1. The molecule has 0 saturated carbocycles. The topological polar surface area (TPSA) is 64.3 Å². The van der Waals surface area contributed by atoms with Crippen LogP contribution in [0.15, 0.2) is 18.2 Å². The van der Waals surface area contributed by atoms with E-state index >= 15 is 0 Å². The van der Waals surface area contributed by atoms with Gasteiger partial charge in [0.2, 0.25) is 0 Å². The van der Waals surface area contributed by atoms with Crippen LogP contribution >= 0.6 is 22.9 Å². The summed E-state index contributed by atoms with van der Waals surface area (Å²) < 4.78 is 6.06. The number of nitrogen functional groups attached to an aromatic ring is 1. The maximum Gasteiger partial charge on any atom is 0.263 e. The predicted octanol–water partition coefficient (Wildman–Crippen LogP) is 3.68. The van der Waals surface area contributed by atoms with E-state index in [9.17, 15) is 4.79 Å². The first kappa shape index (κ1) is 16.1. The van der Waals surface area contributed by atoms with Gasteiger partial charge in [0.25, 0.3) is 5.91 Å². The van der Waals surface area contributed by atoms with Gasteiger partial charge in [0.05, 0.1) is 23.4 Å². The predicted molar refractivity (Wildman–Crippen MR) is 89.3 cm³/mol. The van der Waals surface area contributed by atoms with Gasteiger partial charge in [0.15, 0.2) is 0 Å². The molecule has 1 amide bonds. The number of carbonyl (C=O) groups excluding carboxylic acids is 1. The fraction of sp³-hybridized carbons (Fsp3) is 0.400. The highest BCUT2D eigenvalue weighted by atomic mass is 35.5. The number of rotatable bonds is 6. The number of hydrogen-bond acceptors (Lipinski definition) is 4. The van der Waals surface area contributed by atoms with Gasteiger partial charge in [-0.15, -0.1) is 11.3 Å². The zero-order chi connectivity index (χ0) is 15.4. The van der Waals surface area contributed by atoms with E-state index in [0.717, 1.165) is 22.9 Å². The second-order valence-corrected chi connectivity index (χ2v) is 6.33. The van der Waals surface area contributed by atoms with Gasteiger partial charge in [-0.3, -0.25) is 4.79 Å². The number of fused-ring (bicyclic) bond motifs is 1. The van der Waals surface area contributed by atoms with Gasteiger partial charge in [-0.25, -0.2) is 0 Å². The van der Waals surface area contributed by atoms with Gasteiger partial charge >= 0.3 is 0 Å². The van der Waals surface area contributed by atoms with Crippen molar-refractivity contribution in [1.82, 2.24) is 5.32 Å². The minimum absolute atomic E-state index is 0.00687. The van der Waals surface area contributed by atoms with Crippen molar-refractivity contribution in [3.05, 3.63) is 28.1 Å². The average Bonchev–Trinajstić information content (AvgIpc) is 2.78. The van der Waals surface area contributed by atoms with E-state index in [1.165, 1.54) is 11.3 Å². The summed E-state index contributed by atoms with van der Waals surface area (Å²) in [5.41, 5.74) is 6.55. The zero-order valence-corrected chi connectivity index (χ0v) is 13.7. The van der Waals surface area contributed by atoms with Crippen LogP contribution in [0.3, 0.4) is 0 Å². The number of carbonyl (C=O) groups is 1. The molecule has 0 fully saturated rings. The molecule has 1 atom stereocenters. The Balaban J connectivity index is 2.27. The first-order valence-electron chi connectivity index (χ1n) is 6.84. The molecular formula is C15H19ClN2O2S. The minimum atomic E-state index is -0.166. The maximum absolute atomic E-state index is 12.4. The molecular weight excluding hydrogens is 308 g/mol. The van der Waals surface area contributed by atoms with Gasteiger partial charge in [0.1, 0.15) is 4.88 Å². The summed E-state index contributed by atoms with van der Waals surface area (Å²) in [7, 11) is 1.63. The van der Waals surface area contributed by atoms with Gasteiger partial charge in [0, 0.05) is 17.2 Å². The highest BCUT2D eigenvalue weighted by molar-refractivity contribution is 7.21. The second kappa shape index (κ2) is 7.11. The molecule has 0 aliphatic heterocycles. The van der Waals surface area contributed by atoms with Crippen LogP contribution in [0.5, 0.6) is 0 Å². The van der Waals surface area contributed by atoms with E-state index in [4.69, 9.17) is 22.1 Å². The Labute approximate surface area is 133 Å².